The number of imidazole rings is 1. The van der Waals surface area contributed by atoms with Crippen LogP contribution in [-0.4, -0.2) is 40.3 Å². The van der Waals surface area contributed by atoms with Crippen molar-refractivity contribution < 1.29 is 4.79 Å². The molecule has 1 saturated heterocycles. The number of Topliss-reactive ketones (excluding diaryl/α,β-unsaturated/α-hetero) is 1. The minimum absolute atomic E-state index is 0.205. The number of carbonyl (C=O) groups is 1. The summed E-state index contributed by atoms with van der Waals surface area (Å²) in [6, 6.07) is 5.72. The van der Waals surface area contributed by atoms with E-state index in [0.717, 1.165) is 35.5 Å². The molecule has 1 aromatic carbocycles. The summed E-state index contributed by atoms with van der Waals surface area (Å²) in [5.74, 6) is 1.09. The van der Waals surface area contributed by atoms with Crippen LogP contribution in [-0.2, 0) is 0 Å². The number of piperidine rings is 1. The van der Waals surface area contributed by atoms with E-state index in [0.29, 0.717) is 6.54 Å². The summed E-state index contributed by atoms with van der Waals surface area (Å²) in [6.07, 6.45) is 3.72. The van der Waals surface area contributed by atoms with Crippen molar-refractivity contribution in [3.05, 3.63) is 29.6 Å². The molecule has 1 N–H and O–H groups in total. The van der Waals surface area contributed by atoms with Crippen LogP contribution in [0, 0.1) is 6.92 Å². The highest BCUT2D eigenvalue weighted by atomic mass is 16.1. The van der Waals surface area contributed by atoms with E-state index in [4.69, 9.17) is 0 Å². The summed E-state index contributed by atoms with van der Waals surface area (Å²) in [5.41, 5.74) is 2.65. The molecular formula is C15H19N3O. The number of aromatic nitrogens is 2. The van der Waals surface area contributed by atoms with Crippen LogP contribution in [0.1, 0.15) is 35.4 Å². The second-order valence-electron chi connectivity index (χ2n) is 5.31. The van der Waals surface area contributed by atoms with Gasteiger partial charge in [-0.2, -0.15) is 0 Å². The number of aromatic amines is 1. The molecule has 1 aromatic heterocycles. The molecular weight excluding hydrogens is 238 g/mol. The minimum atomic E-state index is 0.205. The Morgan fingerprint density at radius 2 is 2.11 bits per heavy atom. The number of hydrogen-bond acceptors (Lipinski definition) is 3. The van der Waals surface area contributed by atoms with Crippen molar-refractivity contribution in [3.63, 3.8) is 0 Å². The summed E-state index contributed by atoms with van der Waals surface area (Å²) >= 11 is 0. The Kier molecular flexibility index (Phi) is 3.34. The third kappa shape index (κ3) is 2.68. The maximum absolute atomic E-state index is 12.3. The Labute approximate surface area is 112 Å². The third-order valence-electron chi connectivity index (χ3n) is 3.74. The first kappa shape index (κ1) is 12.4. The molecule has 1 fully saturated rings. The van der Waals surface area contributed by atoms with Gasteiger partial charge < -0.3 is 4.98 Å². The van der Waals surface area contributed by atoms with Crippen LogP contribution in [0.4, 0.5) is 0 Å². The molecule has 1 aliphatic rings. The number of likely N-dealkylation sites (tertiary alicyclic amines) is 1. The Bertz CT molecular complexity index is 596. The number of aryl methyl sites for hydroxylation is 1. The van der Waals surface area contributed by atoms with E-state index in [1.165, 1.54) is 19.3 Å². The summed E-state index contributed by atoms with van der Waals surface area (Å²) < 4.78 is 0. The van der Waals surface area contributed by atoms with Gasteiger partial charge in [-0.3, -0.25) is 9.69 Å². The number of benzene rings is 1. The van der Waals surface area contributed by atoms with Crippen LogP contribution in [0.15, 0.2) is 18.2 Å². The predicted molar refractivity (Wildman–Crippen MR) is 75.5 cm³/mol. The van der Waals surface area contributed by atoms with Crippen molar-refractivity contribution in [2.45, 2.75) is 26.2 Å². The Balaban J connectivity index is 1.76. The number of rotatable bonds is 3. The first-order chi connectivity index (χ1) is 9.22. The maximum atomic E-state index is 12.3. The number of carbonyl (C=O) groups excluding carboxylic acids is 1. The summed E-state index contributed by atoms with van der Waals surface area (Å²) in [6.45, 7) is 4.57. The first-order valence-electron chi connectivity index (χ1n) is 6.94. The fourth-order valence-corrected chi connectivity index (χ4v) is 2.72. The largest absolute Gasteiger partial charge is 0.342 e. The molecule has 0 atom stereocenters. The average Bonchev–Trinajstić information content (AvgIpc) is 2.78. The van der Waals surface area contributed by atoms with E-state index in [-0.39, 0.29) is 5.78 Å². The smallest absolute Gasteiger partial charge is 0.176 e. The molecule has 2 aromatic rings. The van der Waals surface area contributed by atoms with Crippen molar-refractivity contribution >= 4 is 16.8 Å². The normalized spacial score (nSPS) is 16.9. The maximum Gasteiger partial charge on any atom is 0.176 e. The quantitative estimate of drug-likeness (QED) is 0.860. The van der Waals surface area contributed by atoms with Gasteiger partial charge in [0.1, 0.15) is 5.82 Å². The van der Waals surface area contributed by atoms with Gasteiger partial charge in [0.25, 0.3) is 0 Å². The second-order valence-corrected chi connectivity index (χ2v) is 5.31. The number of fused-ring (bicyclic) bond motifs is 1. The number of ketones is 1. The molecule has 4 nitrogen and oxygen atoms in total. The van der Waals surface area contributed by atoms with E-state index in [2.05, 4.69) is 14.9 Å². The van der Waals surface area contributed by atoms with Gasteiger partial charge >= 0.3 is 0 Å². The van der Waals surface area contributed by atoms with Crippen molar-refractivity contribution in [1.29, 1.82) is 0 Å². The van der Waals surface area contributed by atoms with Gasteiger partial charge in [0.2, 0.25) is 0 Å². The van der Waals surface area contributed by atoms with E-state index >= 15 is 0 Å². The van der Waals surface area contributed by atoms with Crippen molar-refractivity contribution in [2.24, 2.45) is 0 Å². The van der Waals surface area contributed by atoms with Crippen molar-refractivity contribution in [1.82, 2.24) is 14.9 Å². The number of nitrogens with zero attached hydrogens (tertiary/aromatic N) is 2. The van der Waals surface area contributed by atoms with Crippen LogP contribution in [0.5, 0.6) is 0 Å². The number of hydrogen-bond donors (Lipinski definition) is 1. The fourth-order valence-electron chi connectivity index (χ4n) is 2.72. The first-order valence-corrected chi connectivity index (χ1v) is 6.94. The molecule has 19 heavy (non-hydrogen) atoms. The SMILES string of the molecule is Cc1nc2ccc(C(=O)CN3CCCCC3)cc2[nH]1. The van der Waals surface area contributed by atoms with Gasteiger partial charge in [0, 0.05) is 5.56 Å². The van der Waals surface area contributed by atoms with Gasteiger partial charge in [-0.1, -0.05) is 6.42 Å². The highest BCUT2D eigenvalue weighted by Gasteiger charge is 2.15. The monoisotopic (exact) mass is 257 g/mol. The zero-order valence-corrected chi connectivity index (χ0v) is 11.3. The second kappa shape index (κ2) is 5.13. The van der Waals surface area contributed by atoms with Gasteiger partial charge in [-0.25, -0.2) is 4.98 Å². The van der Waals surface area contributed by atoms with Crippen LogP contribution >= 0.6 is 0 Å². The van der Waals surface area contributed by atoms with Gasteiger partial charge in [0.15, 0.2) is 5.78 Å². The lowest BCUT2D eigenvalue weighted by Gasteiger charge is -2.25. The lowest BCUT2D eigenvalue weighted by Crippen LogP contribution is -2.34. The minimum Gasteiger partial charge on any atom is -0.342 e. The molecule has 1 aliphatic heterocycles. The van der Waals surface area contributed by atoms with E-state index in [1.807, 2.05) is 25.1 Å². The summed E-state index contributed by atoms with van der Waals surface area (Å²) in [5, 5.41) is 0. The molecule has 0 amide bonds. The number of nitrogens with one attached hydrogen (secondary N) is 1. The Morgan fingerprint density at radius 3 is 2.89 bits per heavy atom. The fraction of sp³-hybridized carbons (Fsp3) is 0.467. The molecule has 4 heteroatoms. The van der Waals surface area contributed by atoms with Crippen molar-refractivity contribution in [2.75, 3.05) is 19.6 Å². The third-order valence-corrected chi connectivity index (χ3v) is 3.74. The number of H-pyrrole nitrogens is 1. The highest BCUT2D eigenvalue weighted by Crippen LogP contribution is 2.15. The molecule has 0 aliphatic carbocycles. The lowest BCUT2D eigenvalue weighted by molar-refractivity contribution is 0.0916. The van der Waals surface area contributed by atoms with Gasteiger partial charge in [-0.05, 0) is 51.1 Å². The molecule has 0 radical (unpaired) electrons. The van der Waals surface area contributed by atoms with E-state index < -0.39 is 0 Å². The molecule has 0 bridgehead atoms. The highest BCUT2D eigenvalue weighted by molar-refractivity contribution is 6.00. The molecule has 3 rings (SSSR count). The van der Waals surface area contributed by atoms with Crippen molar-refractivity contribution in [3.8, 4) is 0 Å². The zero-order chi connectivity index (χ0) is 13.2. The molecule has 0 saturated carbocycles. The Hall–Kier alpha value is -1.68. The van der Waals surface area contributed by atoms with Crippen LogP contribution in [0.25, 0.3) is 11.0 Å². The summed E-state index contributed by atoms with van der Waals surface area (Å²) in [4.78, 5) is 22.1. The molecule has 2 heterocycles. The van der Waals surface area contributed by atoms with E-state index in [9.17, 15) is 4.79 Å². The molecule has 0 spiro atoms. The van der Waals surface area contributed by atoms with Crippen LogP contribution < -0.4 is 0 Å². The lowest BCUT2D eigenvalue weighted by atomic mass is 10.1. The standard InChI is InChI=1S/C15H19N3O/c1-11-16-13-6-5-12(9-14(13)17-11)15(19)10-18-7-3-2-4-8-18/h5-6,9H,2-4,7-8,10H2,1H3,(H,16,17). The van der Waals surface area contributed by atoms with Crippen LogP contribution in [0.3, 0.4) is 0 Å². The predicted octanol–water partition coefficient (Wildman–Crippen LogP) is 2.54. The van der Waals surface area contributed by atoms with Gasteiger partial charge in [-0.15, -0.1) is 0 Å². The Morgan fingerprint density at radius 1 is 1.32 bits per heavy atom. The summed E-state index contributed by atoms with van der Waals surface area (Å²) in [7, 11) is 0. The topological polar surface area (TPSA) is 49.0 Å². The zero-order valence-electron chi connectivity index (χ0n) is 11.3. The average molecular weight is 257 g/mol. The van der Waals surface area contributed by atoms with Crippen LogP contribution in [0.2, 0.25) is 0 Å². The molecule has 0 unspecified atom stereocenters. The van der Waals surface area contributed by atoms with Gasteiger partial charge in [0.05, 0.1) is 17.6 Å². The van der Waals surface area contributed by atoms with E-state index in [1.54, 1.807) is 0 Å². The molecule has 100 valence electrons.